The molecule has 0 bridgehead atoms. The van der Waals surface area contributed by atoms with Gasteiger partial charge in [-0.2, -0.15) is 0 Å². The van der Waals surface area contributed by atoms with Gasteiger partial charge in [-0.3, -0.25) is 9.59 Å². The number of hydrogen-bond donors (Lipinski definition) is 0. The van der Waals surface area contributed by atoms with Crippen LogP contribution in [0.2, 0.25) is 0 Å². The zero-order valence-electron chi connectivity index (χ0n) is 9.83. The summed E-state index contributed by atoms with van der Waals surface area (Å²) in [6, 6.07) is 0. The van der Waals surface area contributed by atoms with Gasteiger partial charge in [-0.05, 0) is 27.7 Å². The number of hydroxylamine groups is 2. The van der Waals surface area contributed by atoms with Gasteiger partial charge >= 0.3 is 5.97 Å². The molecule has 84 valence electrons. The smallest absolute Gasteiger partial charge is 0.322 e. The molecule has 15 heavy (non-hydrogen) atoms. The molecule has 4 heteroatoms. The van der Waals surface area contributed by atoms with Crippen molar-refractivity contribution in [2.45, 2.75) is 45.7 Å². The molecule has 0 aromatic rings. The molecule has 4 nitrogen and oxygen atoms in total. The molecule has 0 saturated carbocycles. The summed E-state index contributed by atoms with van der Waals surface area (Å²) in [7, 11) is 0. The molecular weight excluding hydrogens is 194 g/mol. The van der Waals surface area contributed by atoms with E-state index in [9.17, 15) is 9.59 Å². The number of aldehydes is 1. The SMILES string of the molecule is CC(=O)ON1C(C)(C)C=C(C=O)C1(C)C. The predicted molar refractivity (Wildman–Crippen MR) is 55.9 cm³/mol. The van der Waals surface area contributed by atoms with Crippen molar-refractivity contribution in [1.82, 2.24) is 5.06 Å². The number of carbonyl (C=O) groups excluding carboxylic acids is 2. The quantitative estimate of drug-likeness (QED) is 0.649. The van der Waals surface area contributed by atoms with Gasteiger partial charge in [0.1, 0.15) is 6.29 Å². The van der Waals surface area contributed by atoms with Crippen molar-refractivity contribution in [3.05, 3.63) is 11.6 Å². The van der Waals surface area contributed by atoms with Crippen molar-refractivity contribution in [2.24, 2.45) is 0 Å². The van der Waals surface area contributed by atoms with Crippen molar-refractivity contribution in [2.75, 3.05) is 0 Å². The van der Waals surface area contributed by atoms with Crippen LogP contribution in [0.4, 0.5) is 0 Å². The van der Waals surface area contributed by atoms with E-state index in [1.165, 1.54) is 6.92 Å². The molecular formula is C11H17NO3. The third kappa shape index (κ3) is 1.95. The van der Waals surface area contributed by atoms with Crippen LogP contribution in [0.15, 0.2) is 11.6 Å². The summed E-state index contributed by atoms with van der Waals surface area (Å²) in [5.41, 5.74) is -0.392. The molecule has 0 atom stereocenters. The number of hydrogen-bond acceptors (Lipinski definition) is 4. The largest absolute Gasteiger partial charge is 0.367 e. The maximum absolute atomic E-state index is 11.0. The molecule has 0 amide bonds. The van der Waals surface area contributed by atoms with E-state index in [-0.39, 0.29) is 5.97 Å². The minimum absolute atomic E-state index is 0.378. The van der Waals surface area contributed by atoms with Crippen LogP contribution in [0.25, 0.3) is 0 Å². The summed E-state index contributed by atoms with van der Waals surface area (Å²) in [5, 5.41) is 1.56. The van der Waals surface area contributed by atoms with E-state index in [1.807, 2.05) is 33.8 Å². The molecule has 0 aliphatic carbocycles. The maximum atomic E-state index is 11.0. The first-order valence-electron chi connectivity index (χ1n) is 4.89. The Hall–Kier alpha value is -1.16. The van der Waals surface area contributed by atoms with Crippen LogP contribution in [-0.2, 0) is 14.4 Å². The van der Waals surface area contributed by atoms with Gasteiger partial charge in [0.25, 0.3) is 0 Å². The molecule has 1 aliphatic rings. The molecule has 1 heterocycles. The van der Waals surface area contributed by atoms with Gasteiger partial charge in [0.05, 0.1) is 11.1 Å². The highest BCUT2D eigenvalue weighted by Crippen LogP contribution is 2.39. The Kier molecular flexibility index (Phi) is 2.74. The standard InChI is InChI=1S/C11H17NO3/c1-8(14)15-12-10(2,3)6-9(7-13)11(12,4)5/h6-7H,1-5H3. The van der Waals surface area contributed by atoms with Gasteiger partial charge in [-0.1, -0.05) is 6.08 Å². The monoisotopic (exact) mass is 211 g/mol. The Morgan fingerprint density at radius 3 is 2.27 bits per heavy atom. The molecule has 0 N–H and O–H groups in total. The second-order valence-corrected chi connectivity index (χ2v) is 4.81. The first-order valence-corrected chi connectivity index (χ1v) is 4.89. The average Bonchev–Trinajstić information content (AvgIpc) is 2.24. The van der Waals surface area contributed by atoms with Crippen LogP contribution in [0.5, 0.6) is 0 Å². The van der Waals surface area contributed by atoms with Gasteiger partial charge in [0.2, 0.25) is 0 Å². The fraction of sp³-hybridized carbons (Fsp3) is 0.636. The molecule has 0 aromatic carbocycles. The molecule has 0 fully saturated rings. The van der Waals surface area contributed by atoms with Crippen molar-refractivity contribution in [3.8, 4) is 0 Å². The minimum atomic E-state index is -0.572. The lowest BCUT2D eigenvalue weighted by Crippen LogP contribution is -2.50. The number of carbonyl (C=O) groups is 2. The lowest BCUT2D eigenvalue weighted by Gasteiger charge is -2.38. The first kappa shape index (κ1) is 11.9. The topological polar surface area (TPSA) is 46.6 Å². The van der Waals surface area contributed by atoms with Crippen LogP contribution in [0, 0.1) is 0 Å². The van der Waals surface area contributed by atoms with Gasteiger partial charge in [-0.15, -0.1) is 5.06 Å². The summed E-state index contributed by atoms with van der Waals surface area (Å²) in [4.78, 5) is 27.1. The summed E-state index contributed by atoms with van der Waals surface area (Å²) in [6.45, 7) is 8.85. The van der Waals surface area contributed by atoms with Crippen molar-refractivity contribution >= 4 is 12.3 Å². The lowest BCUT2D eigenvalue weighted by molar-refractivity contribution is -0.228. The summed E-state index contributed by atoms with van der Waals surface area (Å²) < 4.78 is 0. The highest BCUT2D eigenvalue weighted by Gasteiger charge is 2.48. The summed E-state index contributed by atoms with van der Waals surface area (Å²) in [5.74, 6) is -0.378. The third-order valence-electron chi connectivity index (χ3n) is 2.59. The Labute approximate surface area is 89.8 Å². The van der Waals surface area contributed by atoms with E-state index >= 15 is 0 Å². The van der Waals surface area contributed by atoms with Crippen LogP contribution >= 0.6 is 0 Å². The molecule has 0 unspecified atom stereocenters. The van der Waals surface area contributed by atoms with Gasteiger partial charge in [-0.25, -0.2) is 0 Å². The molecule has 0 saturated heterocycles. The van der Waals surface area contributed by atoms with Gasteiger partial charge in [0, 0.05) is 12.5 Å². The van der Waals surface area contributed by atoms with Crippen LogP contribution < -0.4 is 0 Å². The Morgan fingerprint density at radius 1 is 1.40 bits per heavy atom. The molecule has 1 aliphatic heterocycles. The lowest BCUT2D eigenvalue weighted by atomic mass is 9.98. The molecule has 0 spiro atoms. The predicted octanol–water partition coefficient (Wildman–Crippen LogP) is 1.46. The molecule has 0 radical (unpaired) electrons. The Balaban J connectivity index is 3.08. The van der Waals surface area contributed by atoms with E-state index in [0.29, 0.717) is 5.57 Å². The fourth-order valence-electron chi connectivity index (χ4n) is 1.99. The van der Waals surface area contributed by atoms with E-state index in [0.717, 1.165) is 6.29 Å². The van der Waals surface area contributed by atoms with Crippen molar-refractivity contribution in [3.63, 3.8) is 0 Å². The van der Waals surface area contributed by atoms with Crippen LogP contribution in [0.3, 0.4) is 0 Å². The van der Waals surface area contributed by atoms with Gasteiger partial charge < -0.3 is 4.84 Å². The van der Waals surface area contributed by atoms with E-state index in [2.05, 4.69) is 0 Å². The zero-order chi connectivity index (χ0) is 11.9. The highest BCUT2D eigenvalue weighted by molar-refractivity contribution is 5.78. The van der Waals surface area contributed by atoms with Crippen molar-refractivity contribution in [1.29, 1.82) is 0 Å². The van der Waals surface area contributed by atoms with Gasteiger partial charge in [0.15, 0.2) is 0 Å². The third-order valence-corrected chi connectivity index (χ3v) is 2.59. The van der Waals surface area contributed by atoms with Crippen molar-refractivity contribution < 1.29 is 14.4 Å². The second kappa shape index (κ2) is 3.45. The zero-order valence-corrected chi connectivity index (χ0v) is 9.83. The number of rotatable bonds is 2. The second-order valence-electron chi connectivity index (χ2n) is 4.81. The average molecular weight is 211 g/mol. The Bertz CT molecular complexity index is 329. The van der Waals surface area contributed by atoms with Crippen LogP contribution in [0.1, 0.15) is 34.6 Å². The van der Waals surface area contributed by atoms with E-state index in [1.54, 1.807) is 5.06 Å². The maximum Gasteiger partial charge on any atom is 0.322 e. The normalized spacial score (nSPS) is 23.4. The Morgan fingerprint density at radius 2 is 1.93 bits per heavy atom. The van der Waals surface area contributed by atoms with E-state index in [4.69, 9.17) is 4.84 Å². The summed E-state index contributed by atoms with van der Waals surface area (Å²) >= 11 is 0. The first-order chi connectivity index (χ1) is 6.71. The molecule has 0 aromatic heterocycles. The molecule has 1 rings (SSSR count). The van der Waals surface area contributed by atoms with E-state index < -0.39 is 11.1 Å². The van der Waals surface area contributed by atoms with Crippen LogP contribution in [-0.4, -0.2) is 28.4 Å². The number of nitrogens with zero attached hydrogens (tertiary/aromatic N) is 1. The summed E-state index contributed by atoms with van der Waals surface area (Å²) in [6.07, 6.45) is 2.63. The fourth-order valence-corrected chi connectivity index (χ4v) is 1.99. The highest BCUT2D eigenvalue weighted by atomic mass is 16.7. The minimum Gasteiger partial charge on any atom is -0.367 e.